The molecule has 0 aromatic carbocycles. The van der Waals surface area contributed by atoms with Crippen LogP contribution >= 0.6 is 0 Å². The smallest absolute Gasteiger partial charge is 0.225 e. The summed E-state index contributed by atoms with van der Waals surface area (Å²) in [6.07, 6.45) is 4.84. The number of piperidine rings is 1. The lowest BCUT2D eigenvalue weighted by Gasteiger charge is -2.33. The highest BCUT2D eigenvalue weighted by Crippen LogP contribution is 2.21. The molecule has 1 aliphatic rings. The molecule has 1 aromatic heterocycles. The maximum absolute atomic E-state index is 11.9. The van der Waals surface area contributed by atoms with E-state index in [1.54, 1.807) is 6.20 Å². The molecule has 18 heavy (non-hydrogen) atoms. The van der Waals surface area contributed by atoms with E-state index in [9.17, 15) is 4.79 Å². The van der Waals surface area contributed by atoms with Crippen molar-refractivity contribution in [3.05, 3.63) is 24.0 Å². The molecule has 4 nitrogen and oxygen atoms in total. The topological polar surface area (TPSA) is 46.1 Å². The van der Waals surface area contributed by atoms with E-state index in [0.717, 1.165) is 38.0 Å². The molecule has 1 saturated heterocycles. The van der Waals surface area contributed by atoms with Crippen LogP contribution in [0.1, 0.15) is 32.4 Å². The lowest BCUT2D eigenvalue weighted by molar-refractivity contribution is -0.135. The van der Waals surface area contributed by atoms with E-state index in [0.29, 0.717) is 5.92 Å². The quantitative estimate of drug-likeness (QED) is 0.819. The Morgan fingerprint density at radius 2 is 2.17 bits per heavy atom. The van der Waals surface area contributed by atoms with E-state index in [2.05, 4.69) is 10.2 Å². The SMILES string of the molecule is CC(C)C(=O)N1CCC(Cc2cccnn2)CC1. The van der Waals surface area contributed by atoms with Crippen LogP contribution in [0.2, 0.25) is 0 Å². The Balaban J connectivity index is 1.82. The summed E-state index contributed by atoms with van der Waals surface area (Å²) in [7, 11) is 0. The maximum Gasteiger partial charge on any atom is 0.225 e. The predicted octanol–water partition coefficient (Wildman–Crippen LogP) is 1.91. The van der Waals surface area contributed by atoms with Gasteiger partial charge in [0, 0.05) is 25.2 Å². The molecule has 2 heterocycles. The number of carbonyl (C=O) groups excluding carboxylic acids is 1. The van der Waals surface area contributed by atoms with Crippen molar-refractivity contribution in [1.29, 1.82) is 0 Å². The highest BCUT2D eigenvalue weighted by Gasteiger charge is 2.24. The highest BCUT2D eigenvalue weighted by molar-refractivity contribution is 5.78. The second kappa shape index (κ2) is 5.94. The number of nitrogens with zero attached hydrogens (tertiary/aromatic N) is 3. The molecule has 0 saturated carbocycles. The lowest BCUT2D eigenvalue weighted by Crippen LogP contribution is -2.41. The van der Waals surface area contributed by atoms with Gasteiger partial charge >= 0.3 is 0 Å². The van der Waals surface area contributed by atoms with Gasteiger partial charge in [0.15, 0.2) is 0 Å². The number of likely N-dealkylation sites (tertiary alicyclic amines) is 1. The number of carbonyl (C=O) groups is 1. The Hall–Kier alpha value is -1.45. The Labute approximate surface area is 108 Å². The minimum absolute atomic E-state index is 0.113. The van der Waals surface area contributed by atoms with Crippen molar-refractivity contribution in [1.82, 2.24) is 15.1 Å². The van der Waals surface area contributed by atoms with Crippen molar-refractivity contribution < 1.29 is 4.79 Å². The van der Waals surface area contributed by atoms with Crippen molar-refractivity contribution in [2.24, 2.45) is 11.8 Å². The van der Waals surface area contributed by atoms with Crippen LogP contribution in [0.5, 0.6) is 0 Å². The predicted molar refractivity (Wildman–Crippen MR) is 69.9 cm³/mol. The summed E-state index contributed by atoms with van der Waals surface area (Å²) in [5.74, 6) is 1.03. The summed E-state index contributed by atoms with van der Waals surface area (Å²) in [5.41, 5.74) is 1.06. The minimum atomic E-state index is 0.113. The van der Waals surface area contributed by atoms with Crippen molar-refractivity contribution in [2.75, 3.05) is 13.1 Å². The van der Waals surface area contributed by atoms with Gasteiger partial charge in [-0.15, -0.1) is 0 Å². The summed E-state index contributed by atoms with van der Waals surface area (Å²) in [4.78, 5) is 13.9. The van der Waals surface area contributed by atoms with Crippen LogP contribution in [0, 0.1) is 11.8 Å². The Morgan fingerprint density at radius 1 is 1.44 bits per heavy atom. The molecule has 2 rings (SSSR count). The summed E-state index contributed by atoms with van der Waals surface area (Å²) in [5, 5.41) is 8.03. The molecule has 0 atom stereocenters. The van der Waals surface area contributed by atoms with Crippen LogP contribution in [-0.4, -0.2) is 34.1 Å². The zero-order valence-electron chi connectivity index (χ0n) is 11.2. The van der Waals surface area contributed by atoms with Gasteiger partial charge in [-0.2, -0.15) is 10.2 Å². The third kappa shape index (κ3) is 3.28. The molecule has 0 unspecified atom stereocenters. The van der Waals surface area contributed by atoms with Gasteiger partial charge in [0.1, 0.15) is 0 Å². The van der Waals surface area contributed by atoms with Crippen LogP contribution in [0.25, 0.3) is 0 Å². The Morgan fingerprint density at radius 3 is 2.72 bits per heavy atom. The number of rotatable bonds is 3. The average Bonchev–Trinajstić information content (AvgIpc) is 2.40. The van der Waals surface area contributed by atoms with E-state index in [-0.39, 0.29) is 11.8 Å². The Kier molecular flexibility index (Phi) is 4.28. The Bertz CT molecular complexity index is 383. The summed E-state index contributed by atoms with van der Waals surface area (Å²) < 4.78 is 0. The molecular weight excluding hydrogens is 226 g/mol. The molecule has 0 aliphatic carbocycles. The average molecular weight is 247 g/mol. The van der Waals surface area contributed by atoms with E-state index < -0.39 is 0 Å². The second-order valence-electron chi connectivity index (χ2n) is 5.34. The molecule has 1 aliphatic heterocycles. The highest BCUT2D eigenvalue weighted by atomic mass is 16.2. The number of aromatic nitrogens is 2. The van der Waals surface area contributed by atoms with Gasteiger partial charge in [0.25, 0.3) is 0 Å². The van der Waals surface area contributed by atoms with Crippen LogP contribution in [0.4, 0.5) is 0 Å². The van der Waals surface area contributed by atoms with Crippen molar-refractivity contribution in [3.8, 4) is 0 Å². The molecular formula is C14H21N3O. The van der Waals surface area contributed by atoms with Gasteiger partial charge in [0.2, 0.25) is 5.91 Å². The molecule has 1 aromatic rings. The molecule has 1 fully saturated rings. The van der Waals surface area contributed by atoms with Gasteiger partial charge in [0.05, 0.1) is 5.69 Å². The summed E-state index contributed by atoms with van der Waals surface area (Å²) in [6.45, 7) is 5.71. The van der Waals surface area contributed by atoms with Gasteiger partial charge in [-0.25, -0.2) is 0 Å². The third-order valence-corrected chi connectivity index (χ3v) is 3.55. The van der Waals surface area contributed by atoms with Crippen molar-refractivity contribution in [2.45, 2.75) is 33.1 Å². The van der Waals surface area contributed by atoms with Gasteiger partial charge < -0.3 is 4.90 Å². The maximum atomic E-state index is 11.9. The first kappa shape index (κ1) is 13.0. The monoisotopic (exact) mass is 247 g/mol. The molecule has 0 radical (unpaired) electrons. The standard InChI is InChI=1S/C14H21N3O/c1-11(2)14(18)17-8-5-12(6-9-17)10-13-4-3-7-15-16-13/h3-4,7,11-12H,5-6,8-10H2,1-2H3. The largest absolute Gasteiger partial charge is 0.342 e. The van der Waals surface area contributed by atoms with Crippen LogP contribution in [0.3, 0.4) is 0 Å². The van der Waals surface area contributed by atoms with Gasteiger partial charge in [-0.1, -0.05) is 13.8 Å². The molecule has 4 heteroatoms. The summed E-state index contributed by atoms with van der Waals surface area (Å²) in [6, 6.07) is 3.96. The first-order chi connectivity index (χ1) is 8.66. The molecule has 0 spiro atoms. The van der Waals surface area contributed by atoms with Crippen molar-refractivity contribution in [3.63, 3.8) is 0 Å². The normalized spacial score (nSPS) is 17.2. The van der Waals surface area contributed by atoms with Gasteiger partial charge in [-0.05, 0) is 37.3 Å². The third-order valence-electron chi connectivity index (χ3n) is 3.55. The molecule has 98 valence electrons. The fourth-order valence-corrected chi connectivity index (χ4v) is 2.46. The number of hydrogen-bond donors (Lipinski definition) is 0. The minimum Gasteiger partial charge on any atom is -0.342 e. The number of hydrogen-bond acceptors (Lipinski definition) is 3. The first-order valence-electron chi connectivity index (χ1n) is 6.72. The summed E-state index contributed by atoms with van der Waals surface area (Å²) >= 11 is 0. The van der Waals surface area contributed by atoms with E-state index in [4.69, 9.17) is 0 Å². The van der Waals surface area contributed by atoms with Crippen LogP contribution in [-0.2, 0) is 11.2 Å². The zero-order chi connectivity index (χ0) is 13.0. The lowest BCUT2D eigenvalue weighted by atomic mass is 9.91. The van der Waals surface area contributed by atoms with Crippen LogP contribution < -0.4 is 0 Å². The number of amides is 1. The first-order valence-corrected chi connectivity index (χ1v) is 6.72. The zero-order valence-corrected chi connectivity index (χ0v) is 11.2. The molecule has 0 N–H and O–H groups in total. The second-order valence-corrected chi connectivity index (χ2v) is 5.34. The molecule has 1 amide bonds. The van der Waals surface area contributed by atoms with E-state index >= 15 is 0 Å². The fourth-order valence-electron chi connectivity index (χ4n) is 2.46. The van der Waals surface area contributed by atoms with Crippen LogP contribution in [0.15, 0.2) is 18.3 Å². The van der Waals surface area contributed by atoms with E-state index in [1.165, 1.54) is 0 Å². The van der Waals surface area contributed by atoms with E-state index in [1.807, 2.05) is 30.9 Å². The van der Waals surface area contributed by atoms with Gasteiger partial charge in [-0.3, -0.25) is 4.79 Å². The van der Waals surface area contributed by atoms with Crippen molar-refractivity contribution >= 4 is 5.91 Å². The molecule has 0 bridgehead atoms. The fraction of sp³-hybridized carbons (Fsp3) is 0.643.